The number of para-hydroxylation sites is 1. The summed E-state index contributed by atoms with van der Waals surface area (Å²) < 4.78 is 5.28. The minimum Gasteiger partial charge on any atom is -0.495 e. The molecule has 26 heavy (non-hydrogen) atoms. The Hall–Kier alpha value is -3.02. The molecule has 0 radical (unpaired) electrons. The minimum atomic E-state index is -0.200. The summed E-state index contributed by atoms with van der Waals surface area (Å²) in [4.78, 5) is 23.6. The van der Waals surface area contributed by atoms with Crippen LogP contribution in [0.5, 0.6) is 5.75 Å². The van der Waals surface area contributed by atoms with Crippen molar-refractivity contribution < 1.29 is 14.3 Å². The van der Waals surface area contributed by atoms with Crippen molar-refractivity contribution >= 4 is 28.9 Å². The molecule has 3 N–H and O–H groups in total. The van der Waals surface area contributed by atoms with Gasteiger partial charge in [0.1, 0.15) is 5.75 Å². The summed E-state index contributed by atoms with van der Waals surface area (Å²) in [5.41, 5.74) is 4.36. The van der Waals surface area contributed by atoms with Gasteiger partial charge in [0.05, 0.1) is 19.3 Å². The van der Waals surface area contributed by atoms with Gasteiger partial charge in [0.25, 0.3) is 0 Å². The Kier molecular flexibility index (Phi) is 6.60. The monoisotopic (exact) mass is 355 g/mol. The van der Waals surface area contributed by atoms with Crippen molar-refractivity contribution in [3.63, 3.8) is 0 Å². The Labute approximate surface area is 153 Å². The highest BCUT2D eigenvalue weighted by Crippen LogP contribution is 2.28. The zero-order valence-electron chi connectivity index (χ0n) is 15.6. The van der Waals surface area contributed by atoms with E-state index >= 15 is 0 Å². The highest BCUT2D eigenvalue weighted by atomic mass is 16.5. The van der Waals surface area contributed by atoms with Gasteiger partial charge >= 0.3 is 0 Å². The average molecular weight is 355 g/mol. The fourth-order valence-electron chi connectivity index (χ4n) is 2.73. The van der Waals surface area contributed by atoms with Gasteiger partial charge in [0.2, 0.25) is 11.8 Å². The van der Waals surface area contributed by atoms with E-state index < -0.39 is 0 Å². The van der Waals surface area contributed by atoms with Gasteiger partial charge in [-0.05, 0) is 42.7 Å². The SMILES string of the molecule is CCc1cccc(C)c1NCC(=O)Nc1cc(NC(C)=O)ccc1OC. The van der Waals surface area contributed by atoms with Gasteiger partial charge in [0, 0.05) is 18.3 Å². The van der Waals surface area contributed by atoms with E-state index in [4.69, 9.17) is 4.74 Å². The molecule has 0 aliphatic heterocycles. The van der Waals surface area contributed by atoms with Crippen molar-refractivity contribution in [2.24, 2.45) is 0 Å². The molecule has 0 atom stereocenters. The van der Waals surface area contributed by atoms with Crippen molar-refractivity contribution in [2.75, 3.05) is 29.6 Å². The number of hydrogen-bond donors (Lipinski definition) is 3. The molecule has 0 saturated carbocycles. The lowest BCUT2D eigenvalue weighted by Gasteiger charge is -2.15. The van der Waals surface area contributed by atoms with Crippen LogP contribution in [0.1, 0.15) is 25.0 Å². The first-order valence-corrected chi connectivity index (χ1v) is 8.52. The summed E-state index contributed by atoms with van der Waals surface area (Å²) >= 11 is 0. The van der Waals surface area contributed by atoms with E-state index in [0.29, 0.717) is 17.1 Å². The molecule has 138 valence electrons. The summed E-state index contributed by atoms with van der Waals surface area (Å²) in [6, 6.07) is 11.2. The predicted octanol–water partition coefficient (Wildman–Crippen LogP) is 3.58. The molecule has 0 aromatic heterocycles. The van der Waals surface area contributed by atoms with Gasteiger partial charge in [-0.15, -0.1) is 0 Å². The van der Waals surface area contributed by atoms with Crippen LogP contribution in [0, 0.1) is 6.92 Å². The zero-order valence-corrected chi connectivity index (χ0v) is 15.6. The van der Waals surface area contributed by atoms with Crippen LogP contribution in [-0.2, 0) is 16.0 Å². The number of anilines is 3. The fraction of sp³-hybridized carbons (Fsp3) is 0.300. The van der Waals surface area contributed by atoms with Gasteiger partial charge in [-0.2, -0.15) is 0 Å². The van der Waals surface area contributed by atoms with Crippen LogP contribution in [0.4, 0.5) is 17.1 Å². The second-order valence-electron chi connectivity index (χ2n) is 5.96. The number of nitrogens with one attached hydrogen (secondary N) is 3. The Morgan fingerprint density at radius 3 is 2.54 bits per heavy atom. The molecular formula is C20H25N3O3. The standard InChI is InChI=1S/C20H25N3O3/c1-5-15-8-6-7-13(2)20(15)21-12-19(25)23-17-11-16(22-14(3)24)9-10-18(17)26-4/h6-11,21H,5,12H2,1-4H3,(H,22,24)(H,23,25). The minimum absolute atomic E-state index is 0.130. The molecule has 2 amide bonds. The number of benzene rings is 2. The molecule has 6 nitrogen and oxygen atoms in total. The van der Waals surface area contributed by atoms with Gasteiger partial charge in [-0.3, -0.25) is 9.59 Å². The van der Waals surface area contributed by atoms with Gasteiger partial charge in [-0.1, -0.05) is 25.1 Å². The van der Waals surface area contributed by atoms with E-state index in [0.717, 1.165) is 17.7 Å². The predicted molar refractivity (Wildman–Crippen MR) is 105 cm³/mol. The highest BCUT2D eigenvalue weighted by molar-refractivity contribution is 5.97. The normalized spacial score (nSPS) is 10.2. The number of amides is 2. The third kappa shape index (κ3) is 4.99. The molecule has 0 aliphatic carbocycles. The molecule has 0 bridgehead atoms. The average Bonchev–Trinajstić information content (AvgIpc) is 2.60. The van der Waals surface area contributed by atoms with Gasteiger partial charge in [-0.25, -0.2) is 0 Å². The van der Waals surface area contributed by atoms with Crippen molar-refractivity contribution in [1.82, 2.24) is 0 Å². The molecule has 0 unspecified atom stereocenters. The molecule has 0 spiro atoms. The summed E-state index contributed by atoms with van der Waals surface area (Å²) in [7, 11) is 1.53. The zero-order chi connectivity index (χ0) is 19.1. The molecule has 2 rings (SSSR count). The summed E-state index contributed by atoms with van der Waals surface area (Å²) in [5.74, 6) is 0.145. The number of rotatable bonds is 7. The van der Waals surface area contributed by atoms with Crippen LogP contribution in [0.25, 0.3) is 0 Å². The highest BCUT2D eigenvalue weighted by Gasteiger charge is 2.11. The van der Waals surface area contributed by atoms with E-state index in [-0.39, 0.29) is 18.4 Å². The van der Waals surface area contributed by atoms with Crippen LogP contribution >= 0.6 is 0 Å². The number of carbonyl (C=O) groups excluding carboxylic acids is 2. The molecule has 6 heteroatoms. The fourth-order valence-corrected chi connectivity index (χ4v) is 2.73. The van der Waals surface area contributed by atoms with Gasteiger partial charge in [0.15, 0.2) is 0 Å². The van der Waals surface area contributed by atoms with Crippen molar-refractivity contribution in [2.45, 2.75) is 27.2 Å². The van der Waals surface area contributed by atoms with Crippen LogP contribution in [-0.4, -0.2) is 25.5 Å². The van der Waals surface area contributed by atoms with E-state index in [1.54, 1.807) is 18.2 Å². The van der Waals surface area contributed by atoms with E-state index in [1.165, 1.54) is 19.6 Å². The molecule has 2 aromatic carbocycles. The lowest BCUT2D eigenvalue weighted by Crippen LogP contribution is -2.23. The maximum absolute atomic E-state index is 12.4. The summed E-state index contributed by atoms with van der Waals surface area (Å²) in [6.45, 7) is 5.66. The summed E-state index contributed by atoms with van der Waals surface area (Å²) in [5, 5.41) is 8.73. The molecule has 0 saturated heterocycles. The molecule has 0 aliphatic rings. The van der Waals surface area contributed by atoms with Crippen molar-refractivity contribution in [1.29, 1.82) is 0 Å². The van der Waals surface area contributed by atoms with Gasteiger partial charge < -0.3 is 20.7 Å². The van der Waals surface area contributed by atoms with E-state index in [1.807, 2.05) is 25.1 Å². The van der Waals surface area contributed by atoms with Crippen LogP contribution in [0.2, 0.25) is 0 Å². The number of carbonyl (C=O) groups is 2. The Bertz CT molecular complexity index is 803. The Balaban J connectivity index is 2.09. The van der Waals surface area contributed by atoms with E-state index in [2.05, 4.69) is 22.9 Å². The first-order valence-electron chi connectivity index (χ1n) is 8.52. The molecule has 0 fully saturated rings. The Morgan fingerprint density at radius 2 is 1.88 bits per heavy atom. The largest absolute Gasteiger partial charge is 0.495 e. The molecule has 2 aromatic rings. The van der Waals surface area contributed by atoms with Crippen molar-refractivity contribution in [3.8, 4) is 5.75 Å². The van der Waals surface area contributed by atoms with Crippen molar-refractivity contribution in [3.05, 3.63) is 47.5 Å². The maximum Gasteiger partial charge on any atom is 0.243 e. The second kappa shape index (κ2) is 8.89. The molecule has 0 heterocycles. The van der Waals surface area contributed by atoms with Crippen LogP contribution < -0.4 is 20.7 Å². The van der Waals surface area contributed by atoms with Crippen LogP contribution in [0.3, 0.4) is 0 Å². The quantitative estimate of drug-likeness (QED) is 0.709. The summed E-state index contributed by atoms with van der Waals surface area (Å²) in [6.07, 6.45) is 0.887. The third-order valence-corrected chi connectivity index (χ3v) is 3.96. The number of aryl methyl sites for hydroxylation is 2. The Morgan fingerprint density at radius 1 is 1.12 bits per heavy atom. The molecular weight excluding hydrogens is 330 g/mol. The second-order valence-corrected chi connectivity index (χ2v) is 5.96. The topological polar surface area (TPSA) is 79.5 Å². The number of hydrogen-bond acceptors (Lipinski definition) is 4. The third-order valence-electron chi connectivity index (χ3n) is 3.96. The first kappa shape index (κ1) is 19.3. The smallest absolute Gasteiger partial charge is 0.243 e. The van der Waals surface area contributed by atoms with Crippen LogP contribution in [0.15, 0.2) is 36.4 Å². The first-order chi connectivity index (χ1) is 12.4. The lowest BCUT2D eigenvalue weighted by atomic mass is 10.1. The number of methoxy groups -OCH3 is 1. The lowest BCUT2D eigenvalue weighted by molar-refractivity contribution is -0.115. The van der Waals surface area contributed by atoms with E-state index in [9.17, 15) is 9.59 Å². The number of ether oxygens (including phenoxy) is 1. The maximum atomic E-state index is 12.4.